The van der Waals surface area contributed by atoms with Crippen LogP contribution in [0.25, 0.3) is 0 Å². The maximum Gasteiger partial charge on any atom is 0.189 e. The van der Waals surface area contributed by atoms with E-state index in [0.717, 1.165) is 11.3 Å². The van der Waals surface area contributed by atoms with Gasteiger partial charge in [0.25, 0.3) is 0 Å². The van der Waals surface area contributed by atoms with Crippen LogP contribution in [-0.2, 0) is 11.3 Å². The summed E-state index contributed by atoms with van der Waals surface area (Å²) in [6, 6.07) is 1.90. The maximum absolute atomic E-state index is 5.14. The number of fused-ring (bicyclic) bond motifs is 1. The van der Waals surface area contributed by atoms with Crippen LogP contribution >= 0.6 is 12.4 Å². The van der Waals surface area contributed by atoms with E-state index in [0.29, 0.717) is 13.4 Å². The summed E-state index contributed by atoms with van der Waals surface area (Å²) in [5.41, 5.74) is 1.07. The highest BCUT2D eigenvalue weighted by molar-refractivity contribution is 5.85. The lowest BCUT2D eigenvalue weighted by atomic mass is 10.2. The Morgan fingerprint density at radius 1 is 1.45 bits per heavy atom. The fraction of sp³-hybridized carbons (Fsp3) is 0.286. The zero-order valence-corrected chi connectivity index (χ0v) is 6.63. The Bertz CT molecular complexity index is 217. The molecule has 0 fully saturated rings. The summed E-state index contributed by atoms with van der Waals surface area (Å²) in [5, 5.41) is 0. The van der Waals surface area contributed by atoms with Crippen molar-refractivity contribution in [3.63, 3.8) is 0 Å². The molecule has 3 nitrogen and oxygen atoms in total. The Morgan fingerprint density at radius 2 is 2.36 bits per heavy atom. The molecular formula is C7H8ClNO2. The molecule has 1 aliphatic rings. The summed E-state index contributed by atoms with van der Waals surface area (Å²) >= 11 is 0. The largest absolute Gasteiger partial charge is 0.466 e. The van der Waals surface area contributed by atoms with Crippen molar-refractivity contribution in [2.45, 2.75) is 6.61 Å². The van der Waals surface area contributed by atoms with Gasteiger partial charge in [0.15, 0.2) is 6.79 Å². The van der Waals surface area contributed by atoms with E-state index in [1.54, 1.807) is 12.4 Å². The van der Waals surface area contributed by atoms with Crippen molar-refractivity contribution in [1.82, 2.24) is 4.98 Å². The standard InChI is InChI=1S/C7H7NO2.ClH/c1-2-8-3-7-6(1)4-9-5-10-7;/h1-3H,4-5H2;1H. The summed E-state index contributed by atoms with van der Waals surface area (Å²) in [7, 11) is 0. The second-order valence-corrected chi connectivity index (χ2v) is 2.09. The molecule has 0 spiro atoms. The number of ether oxygens (including phenoxy) is 2. The van der Waals surface area contributed by atoms with Gasteiger partial charge in [-0.3, -0.25) is 4.98 Å². The van der Waals surface area contributed by atoms with E-state index in [1.807, 2.05) is 6.07 Å². The fourth-order valence-corrected chi connectivity index (χ4v) is 0.915. The molecule has 0 radical (unpaired) electrons. The van der Waals surface area contributed by atoms with Crippen LogP contribution in [0, 0.1) is 0 Å². The fourth-order valence-electron chi connectivity index (χ4n) is 0.915. The molecule has 2 rings (SSSR count). The molecule has 1 aliphatic heterocycles. The van der Waals surface area contributed by atoms with Crippen LogP contribution < -0.4 is 4.74 Å². The highest BCUT2D eigenvalue weighted by Crippen LogP contribution is 2.20. The van der Waals surface area contributed by atoms with E-state index >= 15 is 0 Å². The van der Waals surface area contributed by atoms with Gasteiger partial charge in [0.2, 0.25) is 0 Å². The van der Waals surface area contributed by atoms with Crippen molar-refractivity contribution in [1.29, 1.82) is 0 Å². The summed E-state index contributed by atoms with van der Waals surface area (Å²) in [6.45, 7) is 0.983. The number of aromatic nitrogens is 1. The van der Waals surface area contributed by atoms with Crippen LogP contribution in [0.3, 0.4) is 0 Å². The molecule has 0 aliphatic carbocycles. The summed E-state index contributed by atoms with van der Waals surface area (Å²) in [5.74, 6) is 0.841. The highest BCUT2D eigenvalue weighted by Gasteiger charge is 2.07. The third-order valence-corrected chi connectivity index (χ3v) is 1.43. The first kappa shape index (κ1) is 8.30. The first-order chi connectivity index (χ1) is 4.97. The highest BCUT2D eigenvalue weighted by atomic mass is 35.5. The average molecular weight is 174 g/mol. The van der Waals surface area contributed by atoms with Gasteiger partial charge in [-0.15, -0.1) is 12.4 Å². The molecule has 0 amide bonds. The quantitative estimate of drug-likeness (QED) is 0.594. The molecule has 4 heteroatoms. The lowest BCUT2D eigenvalue weighted by Gasteiger charge is -2.15. The van der Waals surface area contributed by atoms with Crippen molar-refractivity contribution in [2.75, 3.05) is 6.79 Å². The molecule has 60 valence electrons. The number of hydrogen-bond donors (Lipinski definition) is 0. The molecule has 2 heterocycles. The minimum atomic E-state index is 0. The van der Waals surface area contributed by atoms with E-state index in [4.69, 9.17) is 9.47 Å². The maximum atomic E-state index is 5.14. The van der Waals surface area contributed by atoms with Crippen LogP contribution in [-0.4, -0.2) is 11.8 Å². The molecule has 0 bridgehead atoms. The van der Waals surface area contributed by atoms with Crippen molar-refractivity contribution in [3.8, 4) is 5.75 Å². The number of halogens is 1. The molecule has 1 aromatic heterocycles. The van der Waals surface area contributed by atoms with Crippen LogP contribution in [0.5, 0.6) is 5.75 Å². The van der Waals surface area contributed by atoms with Crippen molar-refractivity contribution < 1.29 is 9.47 Å². The monoisotopic (exact) mass is 173 g/mol. The van der Waals surface area contributed by atoms with Gasteiger partial charge in [0, 0.05) is 11.8 Å². The predicted molar refractivity (Wildman–Crippen MR) is 41.8 cm³/mol. The topological polar surface area (TPSA) is 31.4 Å². The zero-order chi connectivity index (χ0) is 6.81. The molecule has 11 heavy (non-hydrogen) atoms. The van der Waals surface area contributed by atoms with E-state index in [2.05, 4.69) is 4.98 Å². The smallest absolute Gasteiger partial charge is 0.189 e. The van der Waals surface area contributed by atoms with Gasteiger partial charge in [-0.05, 0) is 6.07 Å². The third kappa shape index (κ3) is 1.61. The average Bonchev–Trinajstić information content (AvgIpc) is 2.05. The summed E-state index contributed by atoms with van der Waals surface area (Å²) < 4.78 is 10.2. The molecule has 0 saturated carbocycles. The minimum absolute atomic E-state index is 0. The Hall–Kier alpha value is -0.800. The van der Waals surface area contributed by atoms with Gasteiger partial charge in [0.05, 0.1) is 12.8 Å². The minimum Gasteiger partial charge on any atom is -0.466 e. The number of rotatable bonds is 0. The molecule has 0 atom stereocenters. The number of hydrogen-bond acceptors (Lipinski definition) is 3. The van der Waals surface area contributed by atoms with Crippen LogP contribution in [0.1, 0.15) is 5.56 Å². The van der Waals surface area contributed by atoms with Gasteiger partial charge in [-0.1, -0.05) is 0 Å². The molecule has 0 unspecified atom stereocenters. The van der Waals surface area contributed by atoms with Crippen molar-refractivity contribution in [2.24, 2.45) is 0 Å². The lowest BCUT2D eigenvalue weighted by molar-refractivity contribution is -0.0166. The van der Waals surface area contributed by atoms with Crippen LogP contribution in [0.15, 0.2) is 18.5 Å². The van der Waals surface area contributed by atoms with E-state index in [9.17, 15) is 0 Å². The van der Waals surface area contributed by atoms with Gasteiger partial charge >= 0.3 is 0 Å². The second-order valence-electron chi connectivity index (χ2n) is 2.09. The molecule has 0 N–H and O–H groups in total. The Balaban J connectivity index is 0.000000605. The van der Waals surface area contributed by atoms with Crippen LogP contribution in [0.4, 0.5) is 0 Å². The van der Waals surface area contributed by atoms with Gasteiger partial charge in [-0.25, -0.2) is 0 Å². The first-order valence-electron chi connectivity index (χ1n) is 3.10. The predicted octanol–water partition coefficient (Wildman–Crippen LogP) is 1.37. The number of pyridine rings is 1. The second kappa shape index (κ2) is 3.55. The normalized spacial score (nSPS) is 14.2. The molecular weight excluding hydrogens is 166 g/mol. The summed E-state index contributed by atoms with van der Waals surface area (Å²) in [4.78, 5) is 3.92. The zero-order valence-electron chi connectivity index (χ0n) is 5.82. The molecule has 0 aromatic carbocycles. The third-order valence-electron chi connectivity index (χ3n) is 1.43. The Morgan fingerprint density at radius 3 is 3.18 bits per heavy atom. The van der Waals surface area contributed by atoms with Gasteiger partial charge < -0.3 is 9.47 Å². The van der Waals surface area contributed by atoms with Crippen LogP contribution in [0.2, 0.25) is 0 Å². The van der Waals surface area contributed by atoms with Gasteiger partial charge in [-0.2, -0.15) is 0 Å². The number of nitrogens with zero attached hydrogens (tertiary/aromatic N) is 1. The van der Waals surface area contributed by atoms with E-state index in [-0.39, 0.29) is 12.4 Å². The SMILES string of the molecule is Cl.c1cc2c(cn1)OCOC2. The molecule has 1 aromatic rings. The van der Waals surface area contributed by atoms with E-state index in [1.165, 1.54) is 0 Å². The van der Waals surface area contributed by atoms with Gasteiger partial charge in [0.1, 0.15) is 5.75 Å². The lowest BCUT2D eigenvalue weighted by Crippen LogP contribution is -2.10. The van der Waals surface area contributed by atoms with E-state index < -0.39 is 0 Å². The van der Waals surface area contributed by atoms with Crippen molar-refractivity contribution in [3.05, 3.63) is 24.0 Å². The molecule has 0 saturated heterocycles. The van der Waals surface area contributed by atoms with Crippen molar-refractivity contribution >= 4 is 12.4 Å². The Labute approximate surface area is 70.8 Å². The Kier molecular flexibility index (Phi) is 2.68. The first-order valence-corrected chi connectivity index (χ1v) is 3.10. The summed E-state index contributed by atoms with van der Waals surface area (Å²) in [6.07, 6.45) is 3.44.